The van der Waals surface area contributed by atoms with Crippen LogP contribution in [0.5, 0.6) is 0 Å². The van der Waals surface area contributed by atoms with Gasteiger partial charge < -0.3 is 74.4 Å². The maximum Gasteiger partial charge on any atom is 0.310 e. The van der Waals surface area contributed by atoms with Crippen LogP contribution in [0.1, 0.15) is 120 Å². The van der Waals surface area contributed by atoms with E-state index in [1.165, 1.54) is 12.5 Å². The molecule has 22 atom stereocenters. The fraction of sp³-hybridized carbons (Fsp3) is 0.936. The molecule has 63 heavy (non-hydrogen) atoms. The van der Waals surface area contributed by atoms with Crippen molar-refractivity contribution in [3.63, 3.8) is 0 Å². The number of ether oxygens (including phenoxy) is 6. The first-order valence-electron chi connectivity index (χ1n) is 23.6. The largest absolute Gasteiger partial charge is 0.481 e. The highest BCUT2D eigenvalue weighted by Crippen LogP contribution is 2.76. The Morgan fingerprint density at radius 2 is 1.38 bits per heavy atom. The Bertz CT molecular complexity index is 1720. The average Bonchev–Trinajstić information content (AvgIpc) is 3.21. The number of allylic oxidation sites excluding steroid dienone is 2. The standard InChI is InChI=1S/C47H76O16/c1-22-30(49)33(52)35(54)38(60-22)59-21-26-32(51)34(53)36(55)39(61-26)63-37-31(50)25(48)20-58-40(37)62-29-12-13-44(6)27(43(29,4)5)11-14-46(8)28(44)10-9-23-24-19-42(2,3)15-17-47(24,41(56)57)18-16-45(23,46)7/h9,22,24-40,48-55H,10-21H2,1-8H3,(H,56,57). The zero-order chi connectivity index (χ0) is 46.0. The van der Waals surface area contributed by atoms with Crippen molar-refractivity contribution in [3.05, 3.63) is 11.6 Å². The van der Waals surface area contributed by atoms with E-state index >= 15 is 0 Å². The smallest absolute Gasteiger partial charge is 0.310 e. The van der Waals surface area contributed by atoms with Gasteiger partial charge in [-0.1, -0.05) is 60.1 Å². The van der Waals surface area contributed by atoms with Gasteiger partial charge in [0.2, 0.25) is 0 Å². The quantitative estimate of drug-likeness (QED) is 0.125. The van der Waals surface area contributed by atoms with E-state index in [2.05, 4.69) is 54.5 Å². The van der Waals surface area contributed by atoms with E-state index in [4.69, 9.17) is 28.4 Å². The van der Waals surface area contributed by atoms with E-state index in [1.54, 1.807) is 0 Å². The summed E-state index contributed by atoms with van der Waals surface area (Å²) in [6.07, 6.45) is -10.0. The second-order valence-electron chi connectivity index (χ2n) is 23.1. The summed E-state index contributed by atoms with van der Waals surface area (Å²) in [5.41, 5.74) is 0.187. The van der Waals surface area contributed by atoms with Gasteiger partial charge in [0.25, 0.3) is 0 Å². The number of rotatable bonds is 8. The summed E-state index contributed by atoms with van der Waals surface area (Å²) in [6.45, 7) is 17.2. The van der Waals surface area contributed by atoms with E-state index < -0.39 is 104 Å². The monoisotopic (exact) mass is 897 g/mol. The average molecular weight is 897 g/mol. The van der Waals surface area contributed by atoms with Gasteiger partial charge in [-0.25, -0.2) is 0 Å². The lowest BCUT2D eigenvalue weighted by Crippen LogP contribution is -2.66. The summed E-state index contributed by atoms with van der Waals surface area (Å²) in [7, 11) is 0. The number of carboxylic acids is 1. The molecule has 4 saturated carbocycles. The SMILES string of the molecule is CC1OC(OCC2OC(OC3C(OC4CCC5(C)C(CCC6(C)C5CC=C5C7CC(C)(C)CCC7(C(=O)O)CCC56C)C4(C)C)OCC(O)C3O)C(O)C(O)C2O)C(O)C(O)C1O. The predicted octanol–water partition coefficient (Wildman–Crippen LogP) is 2.37. The lowest BCUT2D eigenvalue weighted by Gasteiger charge is -2.71. The fourth-order valence-electron chi connectivity index (χ4n) is 14.7. The van der Waals surface area contributed by atoms with Gasteiger partial charge in [0.1, 0.15) is 61.0 Å². The Kier molecular flexibility index (Phi) is 12.8. The summed E-state index contributed by atoms with van der Waals surface area (Å²) >= 11 is 0. The molecule has 0 aromatic carbocycles. The van der Waals surface area contributed by atoms with E-state index in [0.29, 0.717) is 18.8 Å². The maximum absolute atomic E-state index is 13.1. The Hall–Kier alpha value is -1.35. The molecule has 0 radical (unpaired) electrons. The Balaban J connectivity index is 0.983. The van der Waals surface area contributed by atoms with Crippen LogP contribution in [-0.2, 0) is 33.2 Å². The predicted molar refractivity (Wildman–Crippen MR) is 223 cm³/mol. The van der Waals surface area contributed by atoms with E-state index in [-0.39, 0.29) is 51.6 Å². The van der Waals surface area contributed by atoms with Crippen molar-refractivity contribution in [2.24, 2.45) is 50.2 Å². The molecule has 0 amide bonds. The molecule has 22 unspecified atom stereocenters. The topological polar surface area (TPSA) is 255 Å². The summed E-state index contributed by atoms with van der Waals surface area (Å²) in [5, 5.41) is 96.4. The lowest BCUT2D eigenvalue weighted by atomic mass is 9.33. The third-order valence-corrected chi connectivity index (χ3v) is 18.9. The number of aliphatic carboxylic acids is 1. The Morgan fingerprint density at radius 1 is 0.714 bits per heavy atom. The van der Waals surface area contributed by atoms with Crippen molar-refractivity contribution >= 4 is 5.97 Å². The van der Waals surface area contributed by atoms with Crippen molar-refractivity contribution in [3.8, 4) is 0 Å². The highest BCUT2D eigenvalue weighted by atomic mass is 16.8. The molecule has 3 heterocycles. The molecular formula is C47H76O16. The van der Waals surface area contributed by atoms with Crippen LogP contribution in [0.25, 0.3) is 0 Å². The first-order chi connectivity index (χ1) is 29.3. The number of carbonyl (C=O) groups is 1. The third-order valence-electron chi connectivity index (χ3n) is 18.9. The fourth-order valence-corrected chi connectivity index (χ4v) is 14.7. The molecule has 3 saturated heterocycles. The third kappa shape index (κ3) is 7.60. The summed E-state index contributed by atoms with van der Waals surface area (Å²) in [6, 6.07) is 0. The molecule has 3 aliphatic heterocycles. The number of hydrogen-bond acceptors (Lipinski definition) is 15. The van der Waals surface area contributed by atoms with Crippen LogP contribution >= 0.6 is 0 Å². The van der Waals surface area contributed by atoms with Crippen LogP contribution in [0.3, 0.4) is 0 Å². The molecule has 0 bridgehead atoms. The van der Waals surface area contributed by atoms with E-state index in [9.17, 15) is 50.8 Å². The van der Waals surface area contributed by atoms with Gasteiger partial charge in [-0.3, -0.25) is 4.79 Å². The maximum atomic E-state index is 13.1. The number of carboxylic acid groups (broad SMARTS) is 1. The Morgan fingerprint density at radius 3 is 2.08 bits per heavy atom. The summed E-state index contributed by atoms with van der Waals surface area (Å²) < 4.78 is 36.0. The van der Waals surface area contributed by atoms with Gasteiger partial charge in [-0.2, -0.15) is 0 Å². The second kappa shape index (κ2) is 16.7. The molecule has 16 nitrogen and oxygen atoms in total. The van der Waals surface area contributed by atoms with Gasteiger partial charge in [0.15, 0.2) is 18.9 Å². The minimum absolute atomic E-state index is 0.0305. The Labute approximate surface area is 371 Å². The molecule has 8 aliphatic rings. The first kappa shape index (κ1) is 48.1. The van der Waals surface area contributed by atoms with E-state index in [0.717, 1.165) is 51.4 Å². The highest BCUT2D eigenvalue weighted by molar-refractivity contribution is 5.76. The minimum Gasteiger partial charge on any atom is -0.481 e. The molecule has 9 N–H and O–H groups in total. The van der Waals surface area contributed by atoms with Crippen molar-refractivity contribution < 1.29 is 79.2 Å². The van der Waals surface area contributed by atoms with Gasteiger partial charge in [0.05, 0.1) is 30.8 Å². The molecule has 0 aromatic heterocycles. The normalized spacial score (nSPS) is 54.1. The number of aliphatic hydroxyl groups is 8. The second-order valence-corrected chi connectivity index (χ2v) is 23.1. The van der Waals surface area contributed by atoms with Crippen LogP contribution in [-0.4, -0.2) is 157 Å². The molecule has 360 valence electrons. The summed E-state index contributed by atoms with van der Waals surface area (Å²) in [4.78, 5) is 13.1. The molecular weight excluding hydrogens is 821 g/mol. The van der Waals surface area contributed by atoms with Crippen LogP contribution in [0, 0.1) is 50.2 Å². The van der Waals surface area contributed by atoms with Crippen LogP contribution in [0.2, 0.25) is 0 Å². The molecule has 16 heteroatoms. The van der Waals surface area contributed by atoms with Crippen molar-refractivity contribution in [2.45, 2.75) is 212 Å². The molecule has 0 aromatic rings. The molecule has 7 fully saturated rings. The van der Waals surface area contributed by atoms with Crippen molar-refractivity contribution in [2.75, 3.05) is 13.2 Å². The minimum atomic E-state index is -1.80. The van der Waals surface area contributed by atoms with Crippen molar-refractivity contribution in [1.82, 2.24) is 0 Å². The first-order valence-corrected chi connectivity index (χ1v) is 23.6. The van der Waals surface area contributed by atoms with Gasteiger partial charge in [-0.15, -0.1) is 0 Å². The zero-order valence-electron chi connectivity index (χ0n) is 38.3. The van der Waals surface area contributed by atoms with E-state index in [1.807, 2.05) is 0 Å². The molecule has 8 rings (SSSR count). The molecule has 0 spiro atoms. The van der Waals surface area contributed by atoms with Crippen LogP contribution in [0.4, 0.5) is 0 Å². The number of hydrogen-bond donors (Lipinski definition) is 9. The van der Waals surface area contributed by atoms with Gasteiger partial charge in [0, 0.05) is 0 Å². The lowest BCUT2D eigenvalue weighted by molar-refractivity contribution is -0.371. The highest BCUT2D eigenvalue weighted by Gasteiger charge is 2.69. The zero-order valence-corrected chi connectivity index (χ0v) is 38.3. The van der Waals surface area contributed by atoms with Gasteiger partial charge in [-0.05, 0) is 116 Å². The number of fused-ring (bicyclic) bond motifs is 7. The summed E-state index contributed by atoms with van der Waals surface area (Å²) in [5.74, 6) is 0.00904. The van der Waals surface area contributed by atoms with Crippen LogP contribution in [0.15, 0.2) is 11.6 Å². The van der Waals surface area contributed by atoms with Gasteiger partial charge >= 0.3 is 5.97 Å². The van der Waals surface area contributed by atoms with Crippen LogP contribution < -0.4 is 0 Å². The van der Waals surface area contributed by atoms with Crippen molar-refractivity contribution in [1.29, 1.82) is 0 Å². The number of aliphatic hydroxyl groups excluding tert-OH is 8. The molecule has 5 aliphatic carbocycles.